The van der Waals surface area contributed by atoms with Crippen molar-refractivity contribution in [2.24, 2.45) is 11.3 Å². The van der Waals surface area contributed by atoms with Crippen molar-refractivity contribution in [3.63, 3.8) is 0 Å². The van der Waals surface area contributed by atoms with Crippen LogP contribution in [0.2, 0.25) is 0 Å². The third-order valence-electron chi connectivity index (χ3n) is 5.12. The number of hydrogen-bond donors (Lipinski definition) is 3. The Morgan fingerprint density at radius 3 is 2.24 bits per heavy atom. The van der Waals surface area contributed by atoms with Crippen molar-refractivity contribution in [2.75, 3.05) is 0 Å². The second-order valence-electron chi connectivity index (χ2n) is 7.46. The highest BCUT2D eigenvalue weighted by Crippen LogP contribution is 2.30. The lowest BCUT2D eigenvalue weighted by atomic mass is 9.74. The highest BCUT2D eigenvalue weighted by atomic mass is 16.4. The highest BCUT2D eigenvalue weighted by Gasteiger charge is 2.44. The van der Waals surface area contributed by atoms with E-state index < -0.39 is 16.9 Å². The van der Waals surface area contributed by atoms with Gasteiger partial charge in [0.15, 0.2) is 0 Å². The fourth-order valence-electron chi connectivity index (χ4n) is 2.56. The summed E-state index contributed by atoms with van der Waals surface area (Å²) >= 11 is 0. The summed E-state index contributed by atoms with van der Waals surface area (Å²) < 4.78 is 0. The van der Waals surface area contributed by atoms with Crippen LogP contribution in [0.1, 0.15) is 66.7 Å². The molecule has 0 aromatic heterocycles. The van der Waals surface area contributed by atoms with Crippen LogP contribution in [0.4, 0.5) is 4.79 Å². The molecule has 0 heterocycles. The monoisotopic (exact) mass is 298 g/mol. The fourth-order valence-corrected chi connectivity index (χ4v) is 2.56. The molecule has 1 aliphatic rings. The van der Waals surface area contributed by atoms with Crippen molar-refractivity contribution in [1.29, 1.82) is 0 Å². The molecule has 0 aromatic carbocycles. The van der Waals surface area contributed by atoms with Crippen LogP contribution in [0.5, 0.6) is 0 Å². The maximum Gasteiger partial charge on any atom is 0.315 e. The van der Waals surface area contributed by atoms with Crippen LogP contribution in [-0.4, -0.2) is 28.7 Å². The molecular weight excluding hydrogens is 268 g/mol. The van der Waals surface area contributed by atoms with E-state index in [1.54, 1.807) is 27.7 Å². The largest absolute Gasteiger partial charge is 0.481 e. The Labute approximate surface area is 127 Å². The Bertz CT molecular complexity index is 391. The van der Waals surface area contributed by atoms with E-state index in [9.17, 15) is 14.7 Å². The zero-order valence-corrected chi connectivity index (χ0v) is 14.0. The molecule has 122 valence electrons. The molecule has 2 atom stereocenters. The van der Waals surface area contributed by atoms with Gasteiger partial charge in [-0.1, -0.05) is 19.8 Å². The second-order valence-corrected chi connectivity index (χ2v) is 7.46. The molecule has 1 rings (SSSR count). The SMILES string of the molecule is CC1CCCC(NC(=O)NC(C)(C)C(C)(C)C(=O)O)CC1. The smallest absolute Gasteiger partial charge is 0.315 e. The highest BCUT2D eigenvalue weighted by molar-refractivity contribution is 5.79. The minimum absolute atomic E-state index is 0.193. The first kappa shape index (κ1) is 17.8. The minimum atomic E-state index is -1.04. The summed E-state index contributed by atoms with van der Waals surface area (Å²) in [7, 11) is 0. The molecule has 3 N–H and O–H groups in total. The van der Waals surface area contributed by atoms with Crippen molar-refractivity contribution in [2.45, 2.75) is 78.3 Å². The summed E-state index contributed by atoms with van der Waals surface area (Å²) in [4.78, 5) is 23.5. The molecule has 0 aromatic rings. The number of hydrogen-bond acceptors (Lipinski definition) is 2. The molecule has 0 saturated heterocycles. The summed E-state index contributed by atoms with van der Waals surface area (Å²) in [6.07, 6.45) is 5.49. The first-order valence-corrected chi connectivity index (χ1v) is 7.88. The van der Waals surface area contributed by atoms with Crippen LogP contribution < -0.4 is 10.6 Å². The Morgan fingerprint density at radius 1 is 1.05 bits per heavy atom. The summed E-state index contributed by atoms with van der Waals surface area (Å²) in [5.41, 5.74) is -1.87. The van der Waals surface area contributed by atoms with E-state index in [0.29, 0.717) is 0 Å². The van der Waals surface area contributed by atoms with E-state index in [2.05, 4.69) is 17.6 Å². The number of aliphatic carboxylic acids is 1. The summed E-state index contributed by atoms with van der Waals surface area (Å²) in [6.45, 7) is 9.00. The molecule has 0 spiro atoms. The quantitative estimate of drug-likeness (QED) is 0.698. The molecule has 0 radical (unpaired) electrons. The summed E-state index contributed by atoms with van der Waals surface area (Å²) in [6, 6.07) is -0.0763. The van der Waals surface area contributed by atoms with Gasteiger partial charge in [0, 0.05) is 6.04 Å². The van der Waals surface area contributed by atoms with Crippen LogP contribution in [0.3, 0.4) is 0 Å². The number of carboxylic acid groups (broad SMARTS) is 1. The first-order chi connectivity index (χ1) is 9.56. The van der Waals surface area contributed by atoms with Crippen molar-refractivity contribution in [1.82, 2.24) is 10.6 Å². The normalized spacial score (nSPS) is 24.0. The van der Waals surface area contributed by atoms with E-state index in [-0.39, 0.29) is 12.1 Å². The summed E-state index contributed by atoms with van der Waals surface area (Å²) in [5, 5.41) is 15.1. The van der Waals surface area contributed by atoms with Crippen LogP contribution >= 0.6 is 0 Å². The Hall–Kier alpha value is -1.26. The molecule has 5 heteroatoms. The molecule has 0 aliphatic heterocycles. The van der Waals surface area contributed by atoms with Crippen LogP contribution in [-0.2, 0) is 4.79 Å². The Balaban J connectivity index is 2.58. The number of urea groups is 1. The van der Waals surface area contributed by atoms with E-state index in [4.69, 9.17) is 0 Å². The van der Waals surface area contributed by atoms with E-state index in [1.165, 1.54) is 6.42 Å². The van der Waals surface area contributed by atoms with E-state index in [1.807, 2.05) is 0 Å². The molecule has 21 heavy (non-hydrogen) atoms. The molecule has 1 aliphatic carbocycles. The van der Waals surface area contributed by atoms with Gasteiger partial charge in [0.25, 0.3) is 0 Å². The van der Waals surface area contributed by atoms with Gasteiger partial charge in [-0.2, -0.15) is 0 Å². The number of carbonyl (C=O) groups is 2. The molecule has 2 amide bonds. The molecule has 1 saturated carbocycles. The van der Waals surface area contributed by atoms with Gasteiger partial charge in [-0.05, 0) is 52.9 Å². The van der Waals surface area contributed by atoms with E-state index >= 15 is 0 Å². The number of carbonyl (C=O) groups excluding carboxylic acids is 1. The Morgan fingerprint density at radius 2 is 1.67 bits per heavy atom. The van der Waals surface area contributed by atoms with Crippen molar-refractivity contribution in [3.05, 3.63) is 0 Å². The zero-order valence-electron chi connectivity index (χ0n) is 14.0. The van der Waals surface area contributed by atoms with Gasteiger partial charge in [0.1, 0.15) is 0 Å². The van der Waals surface area contributed by atoms with Gasteiger partial charge < -0.3 is 15.7 Å². The summed E-state index contributed by atoms with van der Waals surface area (Å²) in [5.74, 6) is -0.196. The van der Waals surface area contributed by atoms with Gasteiger partial charge >= 0.3 is 12.0 Å². The topological polar surface area (TPSA) is 78.4 Å². The van der Waals surface area contributed by atoms with Gasteiger partial charge in [-0.15, -0.1) is 0 Å². The first-order valence-electron chi connectivity index (χ1n) is 7.88. The van der Waals surface area contributed by atoms with Gasteiger partial charge in [0.05, 0.1) is 11.0 Å². The van der Waals surface area contributed by atoms with Gasteiger partial charge in [-0.25, -0.2) is 4.79 Å². The average Bonchev–Trinajstić information content (AvgIpc) is 2.53. The Kier molecular flexibility index (Phi) is 5.65. The number of nitrogens with one attached hydrogen (secondary N) is 2. The number of amides is 2. The van der Waals surface area contributed by atoms with Crippen LogP contribution in [0.25, 0.3) is 0 Å². The lowest BCUT2D eigenvalue weighted by molar-refractivity contribution is -0.150. The van der Waals surface area contributed by atoms with Crippen molar-refractivity contribution >= 4 is 12.0 Å². The zero-order chi connectivity index (χ0) is 16.3. The second kappa shape index (κ2) is 6.67. The third kappa shape index (κ3) is 4.61. The predicted octanol–water partition coefficient (Wildman–Crippen LogP) is 3.14. The average molecular weight is 298 g/mol. The molecule has 5 nitrogen and oxygen atoms in total. The molecule has 0 bridgehead atoms. The lowest BCUT2D eigenvalue weighted by Gasteiger charge is -2.39. The minimum Gasteiger partial charge on any atom is -0.481 e. The standard InChI is InChI=1S/C16H30N2O3/c1-11-7-6-8-12(10-9-11)17-14(21)18-16(4,5)15(2,3)13(19)20/h11-12H,6-10H2,1-5H3,(H,19,20)(H2,17,18,21). The van der Waals surface area contributed by atoms with Crippen molar-refractivity contribution in [3.8, 4) is 0 Å². The fraction of sp³-hybridized carbons (Fsp3) is 0.875. The maximum atomic E-state index is 12.2. The number of rotatable bonds is 4. The molecule has 1 fully saturated rings. The van der Waals surface area contributed by atoms with Crippen molar-refractivity contribution < 1.29 is 14.7 Å². The predicted molar refractivity (Wildman–Crippen MR) is 83.2 cm³/mol. The third-order valence-corrected chi connectivity index (χ3v) is 5.12. The lowest BCUT2D eigenvalue weighted by Crippen LogP contribution is -2.59. The van der Waals surface area contributed by atoms with Gasteiger partial charge in [0.2, 0.25) is 0 Å². The maximum absolute atomic E-state index is 12.2. The van der Waals surface area contributed by atoms with Crippen LogP contribution in [0, 0.1) is 11.3 Å². The molecule has 2 unspecified atom stereocenters. The number of carboxylic acids is 1. The molecular formula is C16H30N2O3. The van der Waals surface area contributed by atoms with Gasteiger partial charge in [-0.3, -0.25) is 4.79 Å². The van der Waals surface area contributed by atoms with Crippen LogP contribution in [0.15, 0.2) is 0 Å². The van der Waals surface area contributed by atoms with E-state index in [0.717, 1.165) is 31.6 Å².